The first kappa shape index (κ1) is 27.9. The molecule has 0 atom stereocenters. The number of amides is 1. The molecule has 0 radical (unpaired) electrons. The summed E-state index contributed by atoms with van der Waals surface area (Å²) in [4.78, 5) is 17.1. The third-order valence-electron chi connectivity index (χ3n) is 6.55. The van der Waals surface area contributed by atoms with Crippen LogP contribution in [0.1, 0.15) is 54.4 Å². The molecule has 1 N–H and O–H groups in total. The number of unbranched alkanes of at least 4 members (excludes halogenated alkanes) is 2. The first-order valence-corrected chi connectivity index (χ1v) is 13.5. The summed E-state index contributed by atoms with van der Waals surface area (Å²) in [5.41, 5.74) is 3.27. The van der Waals surface area contributed by atoms with Crippen molar-refractivity contribution in [3.8, 4) is 11.5 Å². The number of hydrogen-bond acceptors (Lipinski definition) is 4. The lowest BCUT2D eigenvalue weighted by Gasteiger charge is -2.13. The molecule has 39 heavy (non-hydrogen) atoms. The van der Waals surface area contributed by atoms with Gasteiger partial charge in [0.1, 0.15) is 11.6 Å². The monoisotopic (exact) mass is 529 g/mol. The Hall–Kier alpha value is -4.13. The number of halogens is 1. The molecule has 7 heteroatoms. The van der Waals surface area contributed by atoms with Crippen LogP contribution in [-0.2, 0) is 13.0 Å². The van der Waals surface area contributed by atoms with E-state index in [1.165, 1.54) is 12.1 Å². The summed E-state index contributed by atoms with van der Waals surface area (Å²) in [7, 11) is 1.66. The van der Waals surface area contributed by atoms with E-state index in [4.69, 9.17) is 14.5 Å². The third kappa shape index (κ3) is 7.47. The Bertz CT molecular complexity index is 1410. The molecule has 3 aromatic carbocycles. The molecule has 1 aromatic heterocycles. The second-order valence-electron chi connectivity index (χ2n) is 9.33. The van der Waals surface area contributed by atoms with Crippen molar-refractivity contribution < 1.29 is 18.7 Å². The van der Waals surface area contributed by atoms with Crippen molar-refractivity contribution in [2.45, 2.75) is 45.6 Å². The van der Waals surface area contributed by atoms with E-state index in [0.29, 0.717) is 13.2 Å². The Morgan fingerprint density at radius 3 is 2.64 bits per heavy atom. The van der Waals surface area contributed by atoms with Gasteiger partial charge < -0.3 is 19.4 Å². The van der Waals surface area contributed by atoms with Gasteiger partial charge in [0.05, 0.1) is 30.3 Å². The number of hydrogen-bond donors (Lipinski definition) is 1. The van der Waals surface area contributed by atoms with Crippen molar-refractivity contribution in [1.29, 1.82) is 0 Å². The van der Waals surface area contributed by atoms with Gasteiger partial charge in [0.2, 0.25) is 0 Å². The van der Waals surface area contributed by atoms with Crippen LogP contribution >= 0.6 is 0 Å². The van der Waals surface area contributed by atoms with Crippen molar-refractivity contribution >= 4 is 23.0 Å². The van der Waals surface area contributed by atoms with Crippen LogP contribution in [0.4, 0.5) is 4.39 Å². The van der Waals surface area contributed by atoms with Crippen molar-refractivity contribution in [2.24, 2.45) is 0 Å². The average molecular weight is 530 g/mol. The number of imidazole rings is 1. The molecule has 0 fully saturated rings. The van der Waals surface area contributed by atoms with Gasteiger partial charge in [-0.3, -0.25) is 4.79 Å². The molecule has 0 unspecified atom stereocenters. The number of aryl methyl sites for hydroxylation is 2. The Labute approximate surface area is 229 Å². The first-order valence-electron chi connectivity index (χ1n) is 13.5. The van der Waals surface area contributed by atoms with E-state index in [1.807, 2.05) is 55.5 Å². The van der Waals surface area contributed by atoms with Crippen LogP contribution < -0.4 is 14.8 Å². The number of para-hydroxylation sites is 2. The fraction of sp³-hybridized carbons (Fsp3) is 0.312. The highest BCUT2D eigenvalue weighted by Gasteiger charge is 2.12. The van der Waals surface area contributed by atoms with Crippen LogP contribution in [0.25, 0.3) is 17.1 Å². The smallest absolute Gasteiger partial charge is 0.254 e. The van der Waals surface area contributed by atoms with Gasteiger partial charge in [0.15, 0.2) is 11.5 Å². The van der Waals surface area contributed by atoms with E-state index in [0.717, 1.165) is 72.6 Å². The van der Waals surface area contributed by atoms with E-state index in [2.05, 4.69) is 16.0 Å². The summed E-state index contributed by atoms with van der Waals surface area (Å²) in [5, 5.41) is 2.81. The van der Waals surface area contributed by atoms with Gasteiger partial charge in [-0.25, -0.2) is 9.37 Å². The van der Waals surface area contributed by atoms with Crippen molar-refractivity contribution in [3.63, 3.8) is 0 Å². The number of benzene rings is 3. The van der Waals surface area contributed by atoms with Gasteiger partial charge in [-0.1, -0.05) is 48.9 Å². The standard InChI is InChI=1S/C32H36FN3O3/c1-3-12-24-18-19-29(30(23-24)38-2)39-22-11-21-36-28-16-9-8-15-27(28)35-31(36)17-5-4-10-20-34-32(37)25-13-6-7-14-26(25)33/h3,6-9,12-16,18-19,23H,4-5,10-11,17,20-22H2,1-2H3,(H,34,37)/b12-3+. The van der Waals surface area contributed by atoms with Gasteiger partial charge in [0.25, 0.3) is 5.91 Å². The maximum absolute atomic E-state index is 13.8. The number of fused-ring (bicyclic) bond motifs is 1. The van der Waals surface area contributed by atoms with Gasteiger partial charge in [-0.05, 0) is 68.1 Å². The van der Waals surface area contributed by atoms with Crippen molar-refractivity contribution in [2.75, 3.05) is 20.3 Å². The first-order chi connectivity index (χ1) is 19.1. The Morgan fingerprint density at radius 1 is 1.00 bits per heavy atom. The van der Waals surface area contributed by atoms with E-state index in [-0.39, 0.29) is 11.5 Å². The minimum Gasteiger partial charge on any atom is -0.493 e. The van der Waals surface area contributed by atoms with Crippen LogP contribution in [0.5, 0.6) is 11.5 Å². The van der Waals surface area contributed by atoms with Gasteiger partial charge >= 0.3 is 0 Å². The predicted molar refractivity (Wildman–Crippen MR) is 154 cm³/mol. The van der Waals surface area contributed by atoms with Gasteiger partial charge in [-0.15, -0.1) is 0 Å². The molecule has 1 amide bonds. The fourth-order valence-corrected chi connectivity index (χ4v) is 4.60. The maximum Gasteiger partial charge on any atom is 0.254 e. The van der Waals surface area contributed by atoms with Crippen LogP contribution in [0.2, 0.25) is 0 Å². The number of carbonyl (C=O) groups is 1. The summed E-state index contributed by atoms with van der Waals surface area (Å²) >= 11 is 0. The predicted octanol–water partition coefficient (Wildman–Crippen LogP) is 6.83. The van der Waals surface area contributed by atoms with Gasteiger partial charge in [-0.2, -0.15) is 0 Å². The zero-order valence-corrected chi connectivity index (χ0v) is 22.7. The highest BCUT2D eigenvalue weighted by molar-refractivity contribution is 5.94. The normalized spacial score (nSPS) is 11.3. The van der Waals surface area contributed by atoms with E-state index in [1.54, 1.807) is 19.2 Å². The lowest BCUT2D eigenvalue weighted by Crippen LogP contribution is -2.25. The summed E-state index contributed by atoms with van der Waals surface area (Å²) in [6.45, 7) is 3.86. The highest BCUT2D eigenvalue weighted by atomic mass is 19.1. The quantitative estimate of drug-likeness (QED) is 0.182. The van der Waals surface area contributed by atoms with E-state index >= 15 is 0 Å². The molecule has 204 valence electrons. The molecular formula is C32H36FN3O3. The SMILES string of the molecule is C/C=C/c1ccc(OCCCn2c(CCCCCNC(=O)c3ccccc3F)nc3ccccc32)c(OC)c1. The molecule has 0 spiro atoms. The van der Waals surface area contributed by atoms with Crippen molar-refractivity contribution in [1.82, 2.24) is 14.9 Å². The maximum atomic E-state index is 13.8. The Kier molecular flexibility index (Phi) is 10.1. The molecule has 0 saturated carbocycles. The largest absolute Gasteiger partial charge is 0.493 e. The molecule has 4 rings (SSSR count). The van der Waals surface area contributed by atoms with Gasteiger partial charge in [0, 0.05) is 19.5 Å². The molecule has 0 aliphatic heterocycles. The van der Waals surface area contributed by atoms with E-state index in [9.17, 15) is 9.18 Å². The lowest BCUT2D eigenvalue weighted by molar-refractivity contribution is 0.0949. The lowest BCUT2D eigenvalue weighted by atomic mass is 10.1. The molecule has 0 aliphatic rings. The number of carbonyl (C=O) groups excluding carboxylic acids is 1. The minimum absolute atomic E-state index is 0.0827. The van der Waals surface area contributed by atoms with Crippen molar-refractivity contribution in [3.05, 3.63) is 95.6 Å². The van der Waals surface area contributed by atoms with Crippen LogP contribution in [0, 0.1) is 5.82 Å². The summed E-state index contributed by atoms with van der Waals surface area (Å²) < 4.78 is 27.6. The van der Waals surface area contributed by atoms with Crippen LogP contribution in [0.15, 0.2) is 72.8 Å². The second-order valence-corrected chi connectivity index (χ2v) is 9.33. The fourth-order valence-electron chi connectivity index (χ4n) is 4.60. The minimum atomic E-state index is -0.499. The van der Waals surface area contributed by atoms with Crippen LogP contribution in [0.3, 0.4) is 0 Å². The second kappa shape index (κ2) is 14.1. The molecule has 1 heterocycles. The molecule has 0 bridgehead atoms. The zero-order valence-electron chi connectivity index (χ0n) is 22.7. The van der Waals surface area contributed by atoms with Crippen LogP contribution in [-0.4, -0.2) is 35.7 Å². The topological polar surface area (TPSA) is 65.4 Å². The highest BCUT2D eigenvalue weighted by Crippen LogP contribution is 2.29. The van der Waals surface area contributed by atoms with E-state index < -0.39 is 5.82 Å². The number of rotatable bonds is 14. The number of nitrogens with one attached hydrogen (secondary N) is 1. The average Bonchev–Trinajstić information content (AvgIpc) is 3.30. The summed E-state index contributed by atoms with van der Waals surface area (Å²) in [5.74, 6) is 1.65. The Balaban J connectivity index is 1.27. The molecule has 0 aliphatic carbocycles. The summed E-state index contributed by atoms with van der Waals surface area (Å²) in [6, 6.07) is 20.2. The third-order valence-corrected chi connectivity index (χ3v) is 6.55. The Morgan fingerprint density at radius 2 is 1.82 bits per heavy atom. The molecule has 0 saturated heterocycles. The number of aromatic nitrogens is 2. The molecule has 6 nitrogen and oxygen atoms in total. The molecule has 4 aromatic rings. The number of allylic oxidation sites excluding steroid dienone is 1. The number of nitrogens with zero attached hydrogens (tertiary/aromatic N) is 2. The number of methoxy groups -OCH3 is 1. The number of ether oxygens (including phenoxy) is 2. The summed E-state index contributed by atoms with van der Waals surface area (Å²) in [6.07, 6.45) is 8.40. The molecular weight excluding hydrogens is 493 g/mol. The zero-order chi connectivity index (χ0) is 27.5.